The molecule has 3 rings (SSSR count). The van der Waals surface area contributed by atoms with Crippen molar-refractivity contribution in [1.29, 1.82) is 0 Å². The molecule has 1 aromatic carbocycles. The van der Waals surface area contributed by atoms with Gasteiger partial charge in [0.1, 0.15) is 5.75 Å². The standard InChI is InChI=1S/C18H24N2O2/c1-3-10-22-14-6-7-17-15(11-14)18(21)16(13(2)19-17)12-20-8-4-5-9-20/h6-7,11H,3-5,8-10,12H2,1-2H3,(H,19,21). The predicted octanol–water partition coefficient (Wildman–Crippen LogP) is 3.22. The molecule has 0 spiro atoms. The van der Waals surface area contributed by atoms with E-state index in [0.29, 0.717) is 6.61 Å². The molecule has 4 nitrogen and oxygen atoms in total. The lowest BCUT2D eigenvalue weighted by Crippen LogP contribution is -2.24. The SMILES string of the molecule is CCCOc1ccc2[nH]c(C)c(CN3CCCC3)c(=O)c2c1. The van der Waals surface area contributed by atoms with Crippen molar-refractivity contribution in [3.05, 3.63) is 39.7 Å². The number of pyridine rings is 1. The van der Waals surface area contributed by atoms with Crippen LogP contribution >= 0.6 is 0 Å². The van der Waals surface area contributed by atoms with Gasteiger partial charge in [-0.15, -0.1) is 0 Å². The second-order valence-corrected chi connectivity index (χ2v) is 6.10. The van der Waals surface area contributed by atoms with Crippen LogP contribution in [0.15, 0.2) is 23.0 Å². The Bertz CT molecular complexity index is 715. The molecule has 0 radical (unpaired) electrons. The van der Waals surface area contributed by atoms with Crippen molar-refractivity contribution in [1.82, 2.24) is 9.88 Å². The van der Waals surface area contributed by atoms with E-state index in [1.165, 1.54) is 12.8 Å². The molecule has 1 saturated heterocycles. The molecule has 0 atom stereocenters. The summed E-state index contributed by atoms with van der Waals surface area (Å²) in [6.45, 7) is 7.68. The third-order valence-electron chi connectivity index (χ3n) is 4.34. The van der Waals surface area contributed by atoms with Crippen molar-refractivity contribution >= 4 is 10.9 Å². The number of aryl methyl sites for hydroxylation is 1. The van der Waals surface area contributed by atoms with Crippen LogP contribution in [0.3, 0.4) is 0 Å². The van der Waals surface area contributed by atoms with Crippen LogP contribution in [0.5, 0.6) is 5.75 Å². The Hall–Kier alpha value is -1.81. The Morgan fingerprint density at radius 3 is 2.77 bits per heavy atom. The lowest BCUT2D eigenvalue weighted by molar-refractivity contribution is 0.318. The number of nitrogens with one attached hydrogen (secondary N) is 1. The zero-order valence-corrected chi connectivity index (χ0v) is 13.4. The first-order valence-corrected chi connectivity index (χ1v) is 8.19. The summed E-state index contributed by atoms with van der Waals surface area (Å²) in [5, 5.41) is 0.730. The molecule has 0 saturated carbocycles. The fraction of sp³-hybridized carbons (Fsp3) is 0.500. The van der Waals surface area contributed by atoms with Crippen molar-refractivity contribution in [2.45, 2.75) is 39.7 Å². The molecule has 0 unspecified atom stereocenters. The minimum atomic E-state index is 0.139. The molecule has 1 aliphatic rings. The largest absolute Gasteiger partial charge is 0.494 e. The molecule has 4 heteroatoms. The summed E-state index contributed by atoms with van der Waals surface area (Å²) in [5.74, 6) is 0.774. The molecule has 2 aromatic rings. The molecule has 1 aliphatic heterocycles. The normalized spacial score (nSPS) is 15.5. The van der Waals surface area contributed by atoms with Gasteiger partial charge in [0, 0.05) is 28.7 Å². The van der Waals surface area contributed by atoms with E-state index < -0.39 is 0 Å². The van der Waals surface area contributed by atoms with E-state index >= 15 is 0 Å². The summed E-state index contributed by atoms with van der Waals surface area (Å²) in [6.07, 6.45) is 3.43. The zero-order chi connectivity index (χ0) is 15.5. The average Bonchev–Trinajstić information content (AvgIpc) is 3.03. The van der Waals surface area contributed by atoms with Crippen molar-refractivity contribution in [3.8, 4) is 5.75 Å². The van der Waals surface area contributed by atoms with Gasteiger partial charge in [0.05, 0.1) is 6.61 Å². The van der Waals surface area contributed by atoms with Crippen molar-refractivity contribution in [3.63, 3.8) is 0 Å². The summed E-state index contributed by atoms with van der Waals surface area (Å²) in [4.78, 5) is 18.6. The van der Waals surface area contributed by atoms with Gasteiger partial charge in [-0.1, -0.05) is 6.92 Å². The first-order valence-electron chi connectivity index (χ1n) is 8.19. The second kappa shape index (κ2) is 6.53. The highest BCUT2D eigenvalue weighted by molar-refractivity contribution is 5.81. The van der Waals surface area contributed by atoms with Crippen LogP contribution in [0.1, 0.15) is 37.4 Å². The molecule has 22 heavy (non-hydrogen) atoms. The summed E-state index contributed by atoms with van der Waals surface area (Å²) < 4.78 is 5.66. The third kappa shape index (κ3) is 3.02. The van der Waals surface area contributed by atoms with Gasteiger partial charge >= 0.3 is 0 Å². The first-order chi connectivity index (χ1) is 10.7. The minimum absolute atomic E-state index is 0.139. The van der Waals surface area contributed by atoms with E-state index in [1.54, 1.807) is 0 Å². The van der Waals surface area contributed by atoms with Crippen LogP contribution in [-0.4, -0.2) is 29.6 Å². The topological polar surface area (TPSA) is 45.3 Å². The number of rotatable bonds is 5. The van der Waals surface area contributed by atoms with Crippen LogP contribution in [-0.2, 0) is 6.54 Å². The second-order valence-electron chi connectivity index (χ2n) is 6.10. The Morgan fingerprint density at radius 2 is 2.05 bits per heavy atom. The highest BCUT2D eigenvalue weighted by Crippen LogP contribution is 2.20. The van der Waals surface area contributed by atoms with E-state index in [0.717, 1.165) is 54.0 Å². The molecule has 1 aromatic heterocycles. The fourth-order valence-electron chi connectivity index (χ4n) is 3.09. The number of ether oxygens (including phenoxy) is 1. The summed E-state index contributed by atoms with van der Waals surface area (Å²) in [5.41, 5.74) is 2.89. The van der Waals surface area contributed by atoms with Crippen LogP contribution in [0.4, 0.5) is 0 Å². The van der Waals surface area contributed by atoms with Crippen LogP contribution in [0.2, 0.25) is 0 Å². The minimum Gasteiger partial charge on any atom is -0.494 e. The fourth-order valence-corrected chi connectivity index (χ4v) is 3.09. The van der Waals surface area contributed by atoms with E-state index in [4.69, 9.17) is 4.74 Å². The van der Waals surface area contributed by atoms with Crippen molar-refractivity contribution in [2.75, 3.05) is 19.7 Å². The predicted molar refractivity (Wildman–Crippen MR) is 89.6 cm³/mol. The number of likely N-dealkylation sites (tertiary alicyclic amines) is 1. The highest BCUT2D eigenvalue weighted by Gasteiger charge is 2.16. The Morgan fingerprint density at radius 1 is 1.27 bits per heavy atom. The lowest BCUT2D eigenvalue weighted by Gasteiger charge is -2.16. The van der Waals surface area contributed by atoms with Gasteiger partial charge in [0.2, 0.25) is 0 Å². The smallest absolute Gasteiger partial charge is 0.194 e. The molecule has 0 bridgehead atoms. The third-order valence-corrected chi connectivity index (χ3v) is 4.34. The number of H-pyrrole nitrogens is 1. The van der Waals surface area contributed by atoms with Gasteiger partial charge < -0.3 is 9.72 Å². The molecular weight excluding hydrogens is 276 g/mol. The molecule has 1 fully saturated rings. The molecular formula is C18H24N2O2. The maximum atomic E-state index is 12.9. The van der Waals surface area contributed by atoms with Crippen LogP contribution < -0.4 is 10.2 Å². The molecule has 118 valence electrons. The zero-order valence-electron chi connectivity index (χ0n) is 13.4. The Kier molecular flexibility index (Phi) is 4.48. The lowest BCUT2D eigenvalue weighted by atomic mass is 10.1. The molecule has 2 heterocycles. The Labute approximate surface area is 131 Å². The molecule has 0 amide bonds. The van der Waals surface area contributed by atoms with Gasteiger partial charge in [-0.25, -0.2) is 0 Å². The van der Waals surface area contributed by atoms with Crippen LogP contribution in [0, 0.1) is 6.92 Å². The number of hydrogen-bond acceptors (Lipinski definition) is 3. The number of hydrogen-bond donors (Lipinski definition) is 1. The van der Waals surface area contributed by atoms with E-state index in [-0.39, 0.29) is 5.43 Å². The number of benzene rings is 1. The summed E-state index contributed by atoms with van der Waals surface area (Å²) >= 11 is 0. The van der Waals surface area contributed by atoms with Gasteiger partial charge in [-0.05, 0) is 57.5 Å². The molecule has 0 aliphatic carbocycles. The average molecular weight is 300 g/mol. The maximum Gasteiger partial charge on any atom is 0.194 e. The van der Waals surface area contributed by atoms with Crippen molar-refractivity contribution < 1.29 is 4.74 Å². The molecule has 1 N–H and O–H groups in total. The monoisotopic (exact) mass is 300 g/mol. The van der Waals surface area contributed by atoms with Crippen LogP contribution in [0.25, 0.3) is 10.9 Å². The van der Waals surface area contributed by atoms with Gasteiger partial charge in [0.15, 0.2) is 5.43 Å². The quantitative estimate of drug-likeness (QED) is 0.922. The Balaban J connectivity index is 1.98. The number of aromatic nitrogens is 1. The number of aromatic amines is 1. The van der Waals surface area contributed by atoms with Gasteiger partial charge in [-0.3, -0.25) is 9.69 Å². The van der Waals surface area contributed by atoms with E-state index in [2.05, 4.69) is 16.8 Å². The van der Waals surface area contributed by atoms with Gasteiger partial charge in [-0.2, -0.15) is 0 Å². The number of nitrogens with zero attached hydrogens (tertiary/aromatic N) is 1. The van der Waals surface area contributed by atoms with E-state index in [1.807, 2.05) is 25.1 Å². The summed E-state index contributed by atoms with van der Waals surface area (Å²) in [6, 6.07) is 5.73. The van der Waals surface area contributed by atoms with Crippen molar-refractivity contribution in [2.24, 2.45) is 0 Å². The highest BCUT2D eigenvalue weighted by atomic mass is 16.5. The maximum absolute atomic E-state index is 12.9. The van der Waals surface area contributed by atoms with Gasteiger partial charge in [0.25, 0.3) is 0 Å². The first kappa shape index (κ1) is 15.1. The van der Waals surface area contributed by atoms with E-state index in [9.17, 15) is 4.79 Å². The summed E-state index contributed by atoms with van der Waals surface area (Å²) in [7, 11) is 0. The number of fused-ring (bicyclic) bond motifs is 1.